The number of hydrogen-bond acceptors (Lipinski definition) is 3. The zero-order valence-electron chi connectivity index (χ0n) is 6.39. The number of nitrogen functional groups attached to an aromatic ring is 1. The first-order valence-corrected chi connectivity index (χ1v) is 4.14. The molecule has 2 nitrogen and oxygen atoms in total. The average Bonchev–Trinajstić information content (AvgIpc) is 2.26. The minimum absolute atomic E-state index is 0.0621. The molecule has 0 aromatic carbocycles. The van der Waals surface area contributed by atoms with Crippen LogP contribution in [-0.2, 0) is 6.42 Å². The molecule has 1 aromatic heterocycles. The third-order valence-corrected chi connectivity index (χ3v) is 2.32. The van der Waals surface area contributed by atoms with E-state index >= 15 is 0 Å². The van der Waals surface area contributed by atoms with E-state index in [-0.39, 0.29) is 15.4 Å². The predicted molar refractivity (Wildman–Crippen MR) is 43.9 cm³/mol. The van der Waals surface area contributed by atoms with Crippen LogP contribution in [0.1, 0.15) is 15.2 Å². The van der Waals surface area contributed by atoms with Crippen molar-refractivity contribution in [2.75, 3.05) is 5.73 Å². The van der Waals surface area contributed by atoms with Crippen molar-refractivity contribution in [1.29, 1.82) is 0 Å². The second kappa shape index (κ2) is 3.37. The lowest BCUT2D eigenvalue weighted by atomic mass is 10.3. The van der Waals surface area contributed by atoms with Crippen LogP contribution >= 0.6 is 11.3 Å². The summed E-state index contributed by atoms with van der Waals surface area (Å²) in [4.78, 5) is 10.3. The van der Waals surface area contributed by atoms with E-state index in [1.165, 1.54) is 6.07 Å². The summed E-state index contributed by atoms with van der Waals surface area (Å²) >= 11 is 0.792. The molecule has 0 saturated heterocycles. The molecule has 13 heavy (non-hydrogen) atoms. The number of rotatable bonds is 2. The van der Waals surface area contributed by atoms with Gasteiger partial charge in [0.15, 0.2) is 6.29 Å². The molecule has 0 unspecified atom stereocenters. The van der Waals surface area contributed by atoms with Crippen molar-refractivity contribution in [1.82, 2.24) is 0 Å². The molecule has 0 atom stereocenters. The molecule has 0 saturated carbocycles. The molecular formula is C7H6F3NOS. The van der Waals surface area contributed by atoms with Crippen LogP contribution in [0.2, 0.25) is 0 Å². The van der Waals surface area contributed by atoms with Crippen LogP contribution in [0.25, 0.3) is 0 Å². The lowest BCUT2D eigenvalue weighted by Crippen LogP contribution is -2.10. The number of anilines is 1. The number of halogens is 3. The summed E-state index contributed by atoms with van der Waals surface area (Å²) in [5, 5.41) is 0.134. The first-order valence-electron chi connectivity index (χ1n) is 3.32. The number of aldehydes is 1. The van der Waals surface area contributed by atoms with E-state index in [0.717, 1.165) is 11.3 Å². The maximum atomic E-state index is 11.9. The summed E-state index contributed by atoms with van der Waals surface area (Å²) in [6.07, 6.45) is -4.83. The van der Waals surface area contributed by atoms with Crippen LogP contribution in [-0.4, -0.2) is 12.5 Å². The van der Waals surface area contributed by atoms with E-state index in [2.05, 4.69) is 0 Å². The summed E-state index contributed by atoms with van der Waals surface area (Å²) < 4.78 is 35.6. The van der Waals surface area contributed by atoms with Gasteiger partial charge in [-0.05, 0) is 6.07 Å². The second-order valence-electron chi connectivity index (χ2n) is 2.44. The number of hydrogen-bond donors (Lipinski definition) is 1. The van der Waals surface area contributed by atoms with Gasteiger partial charge in [0.05, 0.1) is 11.4 Å². The van der Waals surface area contributed by atoms with Gasteiger partial charge in [-0.1, -0.05) is 0 Å². The number of nitrogens with two attached hydrogens (primary N) is 1. The van der Waals surface area contributed by atoms with Crippen molar-refractivity contribution >= 4 is 22.6 Å². The highest BCUT2D eigenvalue weighted by Gasteiger charge is 2.28. The van der Waals surface area contributed by atoms with Gasteiger partial charge in [-0.15, -0.1) is 11.3 Å². The van der Waals surface area contributed by atoms with Crippen molar-refractivity contribution in [3.63, 3.8) is 0 Å². The van der Waals surface area contributed by atoms with Crippen molar-refractivity contribution < 1.29 is 18.0 Å². The molecule has 2 N–H and O–H groups in total. The van der Waals surface area contributed by atoms with Crippen LogP contribution in [0.5, 0.6) is 0 Å². The monoisotopic (exact) mass is 209 g/mol. The molecule has 1 rings (SSSR count). The molecule has 72 valence electrons. The highest BCUT2D eigenvalue weighted by Crippen LogP contribution is 2.29. The summed E-state index contributed by atoms with van der Waals surface area (Å²) in [5.74, 6) is 0. The molecule has 0 aliphatic rings. The molecule has 0 fully saturated rings. The van der Waals surface area contributed by atoms with Gasteiger partial charge in [0.1, 0.15) is 0 Å². The van der Waals surface area contributed by atoms with Gasteiger partial charge in [-0.2, -0.15) is 13.2 Å². The minimum Gasteiger partial charge on any atom is -0.390 e. The predicted octanol–water partition coefficient (Wildman–Crippen LogP) is 2.25. The molecule has 0 bridgehead atoms. The van der Waals surface area contributed by atoms with Gasteiger partial charge in [0, 0.05) is 10.4 Å². The highest BCUT2D eigenvalue weighted by atomic mass is 32.1. The number of carbonyl (C=O) groups is 1. The van der Waals surface area contributed by atoms with Crippen molar-refractivity contribution in [3.8, 4) is 0 Å². The summed E-state index contributed by atoms with van der Waals surface area (Å²) in [6.45, 7) is 0. The Morgan fingerprint density at radius 1 is 1.54 bits per heavy atom. The SMILES string of the molecule is Nc1sc(CC(F)(F)F)cc1C=O. The maximum Gasteiger partial charge on any atom is 0.393 e. The fourth-order valence-electron chi connectivity index (χ4n) is 0.851. The largest absolute Gasteiger partial charge is 0.393 e. The highest BCUT2D eigenvalue weighted by molar-refractivity contribution is 7.16. The minimum atomic E-state index is -4.25. The summed E-state index contributed by atoms with van der Waals surface area (Å²) in [5.41, 5.74) is 5.42. The van der Waals surface area contributed by atoms with E-state index in [9.17, 15) is 18.0 Å². The Morgan fingerprint density at radius 2 is 2.15 bits per heavy atom. The lowest BCUT2D eigenvalue weighted by Gasteiger charge is -2.01. The molecule has 0 aliphatic carbocycles. The second-order valence-corrected chi connectivity index (χ2v) is 3.61. The van der Waals surface area contributed by atoms with Crippen LogP contribution in [0.4, 0.5) is 18.2 Å². The quantitative estimate of drug-likeness (QED) is 0.759. The number of thiophene rings is 1. The molecule has 0 aliphatic heterocycles. The smallest absolute Gasteiger partial charge is 0.390 e. The standard InChI is InChI=1S/C7H6F3NOS/c8-7(9,10)2-5-1-4(3-12)6(11)13-5/h1,3H,2,11H2. The Bertz CT molecular complexity index is 318. The average molecular weight is 209 g/mol. The molecule has 0 spiro atoms. The van der Waals surface area contributed by atoms with Crippen molar-refractivity contribution in [3.05, 3.63) is 16.5 Å². The summed E-state index contributed by atoms with van der Waals surface area (Å²) in [7, 11) is 0. The van der Waals surface area contributed by atoms with Crippen molar-refractivity contribution in [2.24, 2.45) is 0 Å². The van der Waals surface area contributed by atoms with Gasteiger partial charge < -0.3 is 5.73 Å². The third-order valence-electron chi connectivity index (χ3n) is 1.34. The Kier molecular flexibility index (Phi) is 2.60. The molecule has 6 heteroatoms. The maximum absolute atomic E-state index is 11.9. The molecular weight excluding hydrogens is 203 g/mol. The topological polar surface area (TPSA) is 43.1 Å². The Balaban J connectivity index is 2.85. The van der Waals surface area contributed by atoms with Crippen LogP contribution in [0.3, 0.4) is 0 Å². The van der Waals surface area contributed by atoms with E-state index in [4.69, 9.17) is 5.73 Å². The van der Waals surface area contributed by atoms with Gasteiger partial charge >= 0.3 is 6.18 Å². The zero-order chi connectivity index (χ0) is 10.1. The van der Waals surface area contributed by atoms with Gasteiger partial charge in [-0.25, -0.2) is 0 Å². The fraction of sp³-hybridized carbons (Fsp3) is 0.286. The fourth-order valence-corrected chi connectivity index (χ4v) is 1.78. The normalized spacial score (nSPS) is 11.6. The Hall–Kier alpha value is -1.04. The van der Waals surface area contributed by atoms with Crippen LogP contribution < -0.4 is 5.73 Å². The van der Waals surface area contributed by atoms with E-state index in [0.29, 0.717) is 6.29 Å². The van der Waals surface area contributed by atoms with E-state index in [1.807, 2.05) is 0 Å². The van der Waals surface area contributed by atoms with Crippen molar-refractivity contribution in [2.45, 2.75) is 12.6 Å². The Labute approximate surface area is 76.2 Å². The van der Waals surface area contributed by atoms with Gasteiger partial charge in [0.2, 0.25) is 0 Å². The van der Waals surface area contributed by atoms with Crippen LogP contribution in [0, 0.1) is 0 Å². The molecule has 0 radical (unpaired) electrons. The Morgan fingerprint density at radius 3 is 2.54 bits per heavy atom. The third kappa shape index (κ3) is 2.73. The number of alkyl halides is 3. The van der Waals surface area contributed by atoms with E-state index in [1.54, 1.807) is 0 Å². The zero-order valence-corrected chi connectivity index (χ0v) is 7.21. The molecule has 1 heterocycles. The van der Waals surface area contributed by atoms with E-state index < -0.39 is 12.6 Å². The molecule has 1 aromatic rings. The van der Waals surface area contributed by atoms with Gasteiger partial charge in [0.25, 0.3) is 0 Å². The first kappa shape index (κ1) is 10.0. The van der Waals surface area contributed by atoms with Crippen LogP contribution in [0.15, 0.2) is 6.07 Å². The summed E-state index contributed by atoms with van der Waals surface area (Å²) in [6, 6.07) is 1.17. The number of carbonyl (C=O) groups excluding carboxylic acids is 1. The first-order chi connectivity index (χ1) is 5.92. The molecule has 0 amide bonds. The van der Waals surface area contributed by atoms with Gasteiger partial charge in [-0.3, -0.25) is 4.79 Å². The lowest BCUT2D eigenvalue weighted by molar-refractivity contribution is -0.126.